The number of hydrogen-bond acceptors (Lipinski definition) is 4. The van der Waals surface area contributed by atoms with E-state index in [1.807, 2.05) is 6.92 Å². The van der Waals surface area contributed by atoms with Crippen LogP contribution in [0.25, 0.3) is 6.08 Å². The van der Waals surface area contributed by atoms with E-state index in [9.17, 15) is 4.79 Å². The second-order valence-corrected chi connectivity index (χ2v) is 5.99. The van der Waals surface area contributed by atoms with Crippen LogP contribution in [0.2, 0.25) is 5.02 Å². The Morgan fingerprint density at radius 3 is 2.79 bits per heavy atom. The largest absolute Gasteiger partial charge is 0.493 e. The summed E-state index contributed by atoms with van der Waals surface area (Å²) in [5.41, 5.74) is 0.777. The van der Waals surface area contributed by atoms with E-state index in [1.165, 1.54) is 7.11 Å². The van der Waals surface area contributed by atoms with Crippen LogP contribution in [-0.4, -0.2) is 50.8 Å². The SMILES string of the molecule is CCN(CC1CCCO1)C(=O)/C=C/c1cc(Cl)c(OC)c(OC)c1. The zero-order chi connectivity index (χ0) is 17.5. The van der Waals surface area contributed by atoms with Gasteiger partial charge in [-0.05, 0) is 43.5 Å². The molecule has 0 N–H and O–H groups in total. The summed E-state index contributed by atoms with van der Waals surface area (Å²) < 4.78 is 16.1. The van der Waals surface area contributed by atoms with Crippen LogP contribution in [0.4, 0.5) is 0 Å². The van der Waals surface area contributed by atoms with E-state index in [1.54, 1.807) is 36.3 Å². The molecule has 0 saturated carbocycles. The van der Waals surface area contributed by atoms with Gasteiger partial charge in [0.2, 0.25) is 5.91 Å². The first-order chi connectivity index (χ1) is 11.6. The summed E-state index contributed by atoms with van der Waals surface area (Å²) in [6.45, 7) is 4.03. The van der Waals surface area contributed by atoms with Crippen LogP contribution in [0.15, 0.2) is 18.2 Å². The molecule has 0 radical (unpaired) electrons. The summed E-state index contributed by atoms with van der Waals surface area (Å²) in [7, 11) is 3.08. The summed E-state index contributed by atoms with van der Waals surface area (Å²) in [6, 6.07) is 3.52. The number of halogens is 1. The Morgan fingerprint density at radius 1 is 1.42 bits per heavy atom. The molecule has 0 aromatic heterocycles. The number of hydrogen-bond donors (Lipinski definition) is 0. The minimum absolute atomic E-state index is 0.0427. The molecule has 1 aliphatic rings. The molecule has 0 spiro atoms. The molecule has 6 heteroatoms. The summed E-state index contributed by atoms with van der Waals surface area (Å²) in [4.78, 5) is 14.2. The van der Waals surface area contributed by atoms with Gasteiger partial charge in [0.05, 0.1) is 25.3 Å². The van der Waals surface area contributed by atoms with Gasteiger partial charge in [-0.2, -0.15) is 0 Å². The van der Waals surface area contributed by atoms with E-state index in [0.29, 0.717) is 29.6 Å². The summed E-state index contributed by atoms with van der Waals surface area (Å²) in [5, 5.41) is 0.440. The van der Waals surface area contributed by atoms with E-state index in [2.05, 4.69) is 0 Å². The van der Waals surface area contributed by atoms with Crippen LogP contribution in [0.3, 0.4) is 0 Å². The molecule has 1 aromatic rings. The number of benzene rings is 1. The lowest BCUT2D eigenvalue weighted by Crippen LogP contribution is -2.36. The first-order valence-electron chi connectivity index (χ1n) is 8.09. The van der Waals surface area contributed by atoms with Gasteiger partial charge < -0.3 is 19.1 Å². The lowest BCUT2D eigenvalue weighted by molar-refractivity contribution is -0.127. The molecule has 1 unspecified atom stereocenters. The second-order valence-electron chi connectivity index (χ2n) is 5.58. The monoisotopic (exact) mass is 353 g/mol. The van der Waals surface area contributed by atoms with Crippen molar-refractivity contribution < 1.29 is 19.0 Å². The molecule has 1 fully saturated rings. The van der Waals surface area contributed by atoms with Crippen molar-refractivity contribution in [1.29, 1.82) is 0 Å². The van der Waals surface area contributed by atoms with Gasteiger partial charge in [-0.1, -0.05) is 11.6 Å². The molecule has 2 rings (SSSR count). The maximum atomic E-state index is 12.4. The van der Waals surface area contributed by atoms with Crippen molar-refractivity contribution in [2.24, 2.45) is 0 Å². The van der Waals surface area contributed by atoms with Gasteiger partial charge in [0.25, 0.3) is 0 Å². The molecular formula is C18H24ClNO4. The Bertz CT molecular complexity index is 597. The smallest absolute Gasteiger partial charge is 0.246 e. The summed E-state index contributed by atoms with van der Waals surface area (Å²) in [6.07, 6.45) is 5.51. The molecular weight excluding hydrogens is 330 g/mol. The number of rotatable bonds is 7. The first kappa shape index (κ1) is 18.6. The van der Waals surface area contributed by atoms with Crippen molar-refractivity contribution in [2.75, 3.05) is 33.9 Å². The van der Waals surface area contributed by atoms with Gasteiger partial charge in [0.1, 0.15) is 0 Å². The van der Waals surface area contributed by atoms with Crippen molar-refractivity contribution in [1.82, 2.24) is 4.90 Å². The number of likely N-dealkylation sites (N-methyl/N-ethyl adjacent to an activating group) is 1. The molecule has 1 atom stereocenters. The zero-order valence-electron chi connectivity index (χ0n) is 14.4. The number of carbonyl (C=O) groups excluding carboxylic acids is 1. The maximum absolute atomic E-state index is 12.4. The molecule has 0 bridgehead atoms. The van der Waals surface area contributed by atoms with Gasteiger partial charge in [-0.3, -0.25) is 4.79 Å². The Labute approximate surface area is 148 Å². The number of carbonyl (C=O) groups is 1. The third kappa shape index (κ3) is 4.65. The maximum Gasteiger partial charge on any atom is 0.246 e. The Kier molecular flexibility index (Phi) is 6.94. The summed E-state index contributed by atoms with van der Waals surface area (Å²) in [5.74, 6) is 0.971. The standard InChI is InChI=1S/C18H24ClNO4/c1-4-20(12-14-6-5-9-24-14)17(21)8-7-13-10-15(19)18(23-3)16(11-13)22-2/h7-8,10-11,14H,4-6,9,12H2,1-3H3/b8-7+. The summed E-state index contributed by atoms with van der Waals surface area (Å²) >= 11 is 6.18. The van der Waals surface area contributed by atoms with Crippen LogP contribution in [0.1, 0.15) is 25.3 Å². The van der Waals surface area contributed by atoms with Crippen molar-refractivity contribution >= 4 is 23.6 Å². The fraction of sp³-hybridized carbons (Fsp3) is 0.500. The zero-order valence-corrected chi connectivity index (χ0v) is 15.1. The Morgan fingerprint density at radius 2 is 2.21 bits per heavy atom. The minimum atomic E-state index is -0.0427. The molecule has 1 aliphatic heterocycles. The van der Waals surface area contributed by atoms with Crippen LogP contribution in [0.5, 0.6) is 11.5 Å². The molecule has 1 heterocycles. The number of amides is 1. The normalized spacial score (nSPS) is 17.2. The van der Waals surface area contributed by atoms with Crippen LogP contribution in [0, 0.1) is 0 Å². The van der Waals surface area contributed by atoms with E-state index < -0.39 is 0 Å². The van der Waals surface area contributed by atoms with E-state index in [-0.39, 0.29) is 12.0 Å². The highest BCUT2D eigenvalue weighted by atomic mass is 35.5. The highest BCUT2D eigenvalue weighted by Crippen LogP contribution is 2.36. The van der Waals surface area contributed by atoms with E-state index >= 15 is 0 Å². The third-order valence-corrected chi connectivity index (χ3v) is 4.30. The van der Waals surface area contributed by atoms with Crippen molar-refractivity contribution in [3.8, 4) is 11.5 Å². The van der Waals surface area contributed by atoms with Gasteiger partial charge in [0, 0.05) is 25.8 Å². The Hall–Kier alpha value is -1.72. The van der Waals surface area contributed by atoms with Crippen molar-refractivity contribution in [3.05, 3.63) is 28.8 Å². The quantitative estimate of drug-likeness (QED) is 0.705. The number of methoxy groups -OCH3 is 2. The van der Waals surface area contributed by atoms with Gasteiger partial charge >= 0.3 is 0 Å². The van der Waals surface area contributed by atoms with Crippen molar-refractivity contribution in [2.45, 2.75) is 25.9 Å². The molecule has 1 amide bonds. The second kappa shape index (κ2) is 8.94. The molecule has 5 nitrogen and oxygen atoms in total. The van der Waals surface area contributed by atoms with Gasteiger partial charge in [0.15, 0.2) is 11.5 Å². The third-order valence-electron chi connectivity index (χ3n) is 4.02. The predicted molar refractivity (Wildman–Crippen MR) is 94.8 cm³/mol. The van der Waals surface area contributed by atoms with Crippen molar-refractivity contribution in [3.63, 3.8) is 0 Å². The van der Waals surface area contributed by atoms with Crippen LogP contribution in [-0.2, 0) is 9.53 Å². The lowest BCUT2D eigenvalue weighted by Gasteiger charge is -2.22. The highest BCUT2D eigenvalue weighted by Gasteiger charge is 2.20. The Balaban J connectivity index is 2.07. The highest BCUT2D eigenvalue weighted by molar-refractivity contribution is 6.32. The van der Waals surface area contributed by atoms with Gasteiger partial charge in [-0.15, -0.1) is 0 Å². The fourth-order valence-corrected chi connectivity index (χ4v) is 3.01. The predicted octanol–water partition coefficient (Wildman–Crippen LogP) is 3.40. The van der Waals surface area contributed by atoms with Crippen LogP contribution >= 0.6 is 11.6 Å². The number of nitrogens with zero attached hydrogens (tertiary/aromatic N) is 1. The number of ether oxygens (including phenoxy) is 3. The van der Waals surface area contributed by atoms with Gasteiger partial charge in [-0.25, -0.2) is 0 Å². The molecule has 0 aliphatic carbocycles. The first-order valence-corrected chi connectivity index (χ1v) is 8.47. The fourth-order valence-electron chi connectivity index (χ4n) is 2.72. The van der Waals surface area contributed by atoms with E-state index in [4.69, 9.17) is 25.8 Å². The molecule has 1 saturated heterocycles. The average Bonchev–Trinajstić information content (AvgIpc) is 3.10. The van der Waals surface area contributed by atoms with Crippen LogP contribution < -0.4 is 9.47 Å². The molecule has 24 heavy (non-hydrogen) atoms. The lowest BCUT2D eigenvalue weighted by atomic mass is 10.1. The average molecular weight is 354 g/mol. The minimum Gasteiger partial charge on any atom is -0.493 e. The topological polar surface area (TPSA) is 48.0 Å². The van der Waals surface area contributed by atoms with E-state index in [0.717, 1.165) is 25.0 Å². The molecule has 1 aromatic carbocycles. The molecule has 132 valence electrons.